The first-order valence-electron chi connectivity index (χ1n) is 10.5. The van der Waals surface area contributed by atoms with Crippen LogP contribution in [0.2, 0.25) is 0 Å². The Labute approximate surface area is 185 Å². The summed E-state index contributed by atoms with van der Waals surface area (Å²) in [4.78, 5) is 35.7. The lowest BCUT2D eigenvalue weighted by Gasteiger charge is -2.21. The molecule has 0 radical (unpaired) electrons. The van der Waals surface area contributed by atoms with E-state index in [4.69, 9.17) is 14.2 Å². The molecule has 32 heavy (non-hydrogen) atoms. The highest BCUT2D eigenvalue weighted by molar-refractivity contribution is 5.93. The van der Waals surface area contributed by atoms with Crippen molar-refractivity contribution >= 4 is 23.6 Å². The Morgan fingerprint density at radius 1 is 0.938 bits per heavy atom. The van der Waals surface area contributed by atoms with Crippen LogP contribution in [0.25, 0.3) is 0 Å². The van der Waals surface area contributed by atoms with Crippen molar-refractivity contribution < 1.29 is 28.6 Å². The van der Waals surface area contributed by atoms with Gasteiger partial charge in [-0.25, -0.2) is 4.79 Å². The minimum Gasteiger partial charge on any atom is -0.454 e. The number of esters is 1. The van der Waals surface area contributed by atoms with Gasteiger partial charge in [0.25, 0.3) is 11.7 Å². The fourth-order valence-electron chi connectivity index (χ4n) is 3.68. The van der Waals surface area contributed by atoms with Crippen LogP contribution in [0.4, 0.5) is 10.5 Å². The van der Waals surface area contributed by atoms with Crippen LogP contribution in [0.5, 0.6) is 11.5 Å². The second kappa shape index (κ2) is 9.59. The Bertz CT molecular complexity index is 988. The smallest absolute Gasteiger partial charge is 0.325 e. The van der Waals surface area contributed by atoms with Crippen molar-refractivity contribution in [3.05, 3.63) is 54.1 Å². The van der Waals surface area contributed by atoms with Crippen molar-refractivity contribution in [2.24, 2.45) is 0 Å². The van der Waals surface area contributed by atoms with Crippen molar-refractivity contribution in [3.8, 4) is 11.5 Å². The monoisotopic (exact) mass is 439 g/mol. The molecule has 1 fully saturated rings. The third-order valence-corrected chi connectivity index (χ3v) is 5.24. The van der Waals surface area contributed by atoms with E-state index in [0.29, 0.717) is 23.7 Å². The second-order valence-corrected chi connectivity index (χ2v) is 7.71. The highest BCUT2D eigenvalue weighted by atomic mass is 16.7. The van der Waals surface area contributed by atoms with Crippen molar-refractivity contribution in [1.82, 2.24) is 10.6 Å². The number of hydrogen-bond acceptors (Lipinski definition) is 6. The van der Waals surface area contributed by atoms with E-state index in [1.807, 2.05) is 30.3 Å². The molecule has 1 aliphatic carbocycles. The first-order chi connectivity index (χ1) is 15.5. The van der Waals surface area contributed by atoms with E-state index in [1.54, 1.807) is 18.2 Å². The third-order valence-electron chi connectivity index (χ3n) is 5.24. The summed E-state index contributed by atoms with van der Waals surface area (Å²) in [5.74, 6) is -0.536. The van der Waals surface area contributed by atoms with E-state index in [1.165, 1.54) is 0 Å². The Morgan fingerprint density at radius 2 is 1.69 bits per heavy atom. The molecular formula is C23H25N3O6. The maximum atomic E-state index is 12.1. The van der Waals surface area contributed by atoms with E-state index in [-0.39, 0.29) is 6.54 Å². The summed E-state index contributed by atoms with van der Waals surface area (Å²) < 4.78 is 16.8. The Balaban J connectivity index is 1.15. The molecule has 3 N–H and O–H groups in total. The van der Waals surface area contributed by atoms with Crippen LogP contribution in [-0.2, 0) is 20.9 Å². The normalized spacial score (nSPS) is 15.2. The van der Waals surface area contributed by atoms with Crippen molar-refractivity contribution in [2.75, 3.05) is 18.5 Å². The topological polar surface area (TPSA) is 115 Å². The number of hydrogen-bond donors (Lipinski definition) is 3. The predicted molar refractivity (Wildman–Crippen MR) is 115 cm³/mol. The molecule has 2 aliphatic rings. The zero-order valence-corrected chi connectivity index (χ0v) is 17.5. The molecule has 0 unspecified atom stereocenters. The van der Waals surface area contributed by atoms with Crippen LogP contribution in [0.1, 0.15) is 31.2 Å². The van der Waals surface area contributed by atoms with Gasteiger partial charge in [-0.05, 0) is 30.5 Å². The second-order valence-electron chi connectivity index (χ2n) is 7.71. The summed E-state index contributed by atoms with van der Waals surface area (Å²) in [5.41, 5.74) is 1.45. The largest absolute Gasteiger partial charge is 0.454 e. The number of amides is 3. The van der Waals surface area contributed by atoms with E-state index in [2.05, 4.69) is 16.0 Å². The van der Waals surface area contributed by atoms with Gasteiger partial charge in [-0.2, -0.15) is 0 Å². The molecule has 9 heteroatoms. The molecule has 1 spiro atoms. The number of nitrogens with one attached hydrogen (secondary N) is 3. The van der Waals surface area contributed by atoms with Gasteiger partial charge in [0.05, 0.1) is 0 Å². The minimum absolute atomic E-state index is 0.334. The molecule has 0 atom stereocenters. The van der Waals surface area contributed by atoms with Gasteiger partial charge >= 0.3 is 12.0 Å². The molecule has 0 saturated heterocycles. The number of anilines is 1. The molecule has 2 aromatic carbocycles. The fourth-order valence-corrected chi connectivity index (χ4v) is 3.68. The van der Waals surface area contributed by atoms with Crippen molar-refractivity contribution in [3.63, 3.8) is 0 Å². The molecule has 168 valence electrons. The van der Waals surface area contributed by atoms with Crippen molar-refractivity contribution in [1.29, 1.82) is 0 Å². The first kappa shape index (κ1) is 21.5. The molecule has 4 rings (SSSR count). The van der Waals surface area contributed by atoms with E-state index in [0.717, 1.165) is 31.2 Å². The zero-order valence-electron chi connectivity index (χ0n) is 17.5. The SMILES string of the molecule is O=C(COC(=O)CNC(=O)NCc1ccccc1)Nc1ccc2c(c1)OC1(CCCC1)O2. The number of carbonyl (C=O) groups is 3. The molecular weight excluding hydrogens is 414 g/mol. The molecule has 0 bridgehead atoms. The average Bonchev–Trinajstić information content (AvgIpc) is 3.40. The van der Waals surface area contributed by atoms with Gasteiger partial charge in [0.1, 0.15) is 6.54 Å². The van der Waals surface area contributed by atoms with Crippen LogP contribution in [0, 0.1) is 0 Å². The standard InChI is InChI=1S/C23H25N3O6/c27-20(15-30-21(28)14-25-22(29)24-13-16-6-2-1-3-7-16)26-17-8-9-18-19(12-17)32-23(31-18)10-4-5-11-23/h1-3,6-9,12H,4-5,10-11,13-15H2,(H,26,27)(H2,24,25,29). The number of carbonyl (C=O) groups excluding carboxylic acids is 3. The Kier molecular flexibility index (Phi) is 6.44. The van der Waals surface area contributed by atoms with Gasteiger partial charge in [-0.15, -0.1) is 0 Å². The summed E-state index contributed by atoms with van der Waals surface area (Å²) in [6.45, 7) is -0.481. The summed E-state index contributed by atoms with van der Waals surface area (Å²) in [5, 5.41) is 7.68. The van der Waals surface area contributed by atoms with Crippen LogP contribution < -0.4 is 25.4 Å². The fraction of sp³-hybridized carbons (Fsp3) is 0.348. The van der Waals surface area contributed by atoms with Crippen LogP contribution >= 0.6 is 0 Å². The van der Waals surface area contributed by atoms with Gasteiger partial charge in [-0.1, -0.05) is 30.3 Å². The molecule has 1 saturated carbocycles. The highest BCUT2D eigenvalue weighted by Crippen LogP contribution is 2.47. The first-order valence-corrected chi connectivity index (χ1v) is 10.5. The third kappa shape index (κ3) is 5.48. The number of ether oxygens (including phenoxy) is 3. The quantitative estimate of drug-likeness (QED) is 0.572. The highest BCUT2D eigenvalue weighted by Gasteiger charge is 2.44. The predicted octanol–water partition coefficient (Wildman–Crippen LogP) is 2.71. The lowest BCUT2D eigenvalue weighted by atomic mass is 10.2. The molecule has 0 aromatic heterocycles. The molecule has 1 heterocycles. The number of benzene rings is 2. The maximum Gasteiger partial charge on any atom is 0.325 e. The summed E-state index contributed by atoms with van der Waals surface area (Å²) in [6.07, 6.45) is 3.81. The summed E-state index contributed by atoms with van der Waals surface area (Å²) in [6, 6.07) is 14.0. The van der Waals surface area contributed by atoms with E-state index >= 15 is 0 Å². The summed E-state index contributed by atoms with van der Waals surface area (Å²) in [7, 11) is 0. The number of fused-ring (bicyclic) bond motifs is 1. The van der Waals surface area contributed by atoms with E-state index in [9.17, 15) is 14.4 Å². The summed E-state index contributed by atoms with van der Waals surface area (Å²) >= 11 is 0. The van der Waals surface area contributed by atoms with Gasteiger partial charge < -0.3 is 30.2 Å². The Morgan fingerprint density at radius 3 is 2.47 bits per heavy atom. The van der Waals surface area contributed by atoms with Gasteiger partial charge in [0.15, 0.2) is 18.1 Å². The minimum atomic E-state index is -0.719. The van der Waals surface area contributed by atoms with Gasteiger partial charge in [0, 0.05) is 31.1 Å². The lowest BCUT2D eigenvalue weighted by molar-refractivity contribution is -0.146. The van der Waals surface area contributed by atoms with Gasteiger partial charge in [-0.3, -0.25) is 9.59 Å². The van der Waals surface area contributed by atoms with Crippen LogP contribution in [0.3, 0.4) is 0 Å². The molecule has 9 nitrogen and oxygen atoms in total. The molecule has 2 aromatic rings. The Hall–Kier alpha value is -3.75. The van der Waals surface area contributed by atoms with Crippen molar-refractivity contribution in [2.45, 2.75) is 38.0 Å². The van der Waals surface area contributed by atoms with Gasteiger partial charge in [0.2, 0.25) is 0 Å². The lowest BCUT2D eigenvalue weighted by Crippen LogP contribution is -2.39. The molecule has 3 amide bonds. The zero-order chi connectivity index (χ0) is 22.4. The maximum absolute atomic E-state index is 12.1. The average molecular weight is 439 g/mol. The number of rotatable bonds is 7. The van der Waals surface area contributed by atoms with Crippen LogP contribution in [0.15, 0.2) is 48.5 Å². The molecule has 1 aliphatic heterocycles. The van der Waals surface area contributed by atoms with E-state index < -0.39 is 30.3 Å². The number of urea groups is 1. The van der Waals surface area contributed by atoms with Crippen LogP contribution in [-0.4, -0.2) is 36.8 Å².